The van der Waals surface area contributed by atoms with E-state index >= 15 is 0 Å². The second-order valence-corrected chi connectivity index (χ2v) is 8.77. The minimum atomic E-state index is -4.61. The van der Waals surface area contributed by atoms with Crippen LogP contribution in [0.15, 0.2) is 48.5 Å². The molecule has 0 aliphatic heterocycles. The van der Waals surface area contributed by atoms with Crippen molar-refractivity contribution in [3.63, 3.8) is 0 Å². The second kappa shape index (κ2) is 9.97. The Labute approximate surface area is 199 Å². The Morgan fingerprint density at radius 3 is 2.11 bits per heavy atom. The van der Waals surface area contributed by atoms with Gasteiger partial charge in [-0.2, -0.15) is 13.2 Å². The molecule has 2 aliphatic rings. The van der Waals surface area contributed by atoms with Crippen molar-refractivity contribution in [3.8, 4) is 11.1 Å². The van der Waals surface area contributed by atoms with Crippen LogP contribution < -0.4 is 5.32 Å². The number of carbonyl (C=O) groups is 3. The Morgan fingerprint density at radius 1 is 1.03 bits per heavy atom. The summed E-state index contributed by atoms with van der Waals surface area (Å²) in [6.07, 6.45) is -5.58. The quantitative estimate of drug-likeness (QED) is 0.546. The number of amides is 2. The first-order chi connectivity index (χ1) is 16.6. The average Bonchev–Trinajstić information content (AvgIpc) is 3.60. The molecule has 1 fully saturated rings. The van der Waals surface area contributed by atoms with E-state index in [0.29, 0.717) is 17.7 Å². The van der Waals surface area contributed by atoms with Crippen molar-refractivity contribution in [2.45, 2.75) is 49.9 Å². The fraction of sp³-hybridized carbons (Fsp3) is 0.400. The largest absolute Gasteiger partial charge is 0.481 e. The maximum Gasteiger partial charge on any atom is 0.407 e. The molecule has 186 valence electrons. The zero-order chi connectivity index (χ0) is 25.2. The summed E-state index contributed by atoms with van der Waals surface area (Å²) in [7, 11) is 0. The molecule has 0 bridgehead atoms. The number of hydrogen-bond donors (Lipinski definition) is 2. The molecular formula is C25H25F3N2O5. The predicted molar refractivity (Wildman–Crippen MR) is 120 cm³/mol. The average molecular weight is 490 g/mol. The molecule has 0 spiro atoms. The van der Waals surface area contributed by atoms with E-state index in [0.717, 1.165) is 22.3 Å². The molecule has 2 aromatic rings. The lowest BCUT2D eigenvalue weighted by Crippen LogP contribution is -2.52. The Hall–Kier alpha value is -3.56. The van der Waals surface area contributed by atoms with E-state index in [1.807, 2.05) is 48.5 Å². The first-order valence-corrected chi connectivity index (χ1v) is 11.3. The molecule has 1 saturated carbocycles. The Bertz CT molecular complexity index is 1070. The van der Waals surface area contributed by atoms with E-state index in [1.54, 1.807) is 0 Å². The van der Waals surface area contributed by atoms with Crippen LogP contribution in [0.4, 0.5) is 18.0 Å². The summed E-state index contributed by atoms with van der Waals surface area (Å²) < 4.78 is 44.5. The van der Waals surface area contributed by atoms with Gasteiger partial charge in [0.15, 0.2) is 0 Å². The van der Waals surface area contributed by atoms with Crippen LogP contribution in [0.1, 0.15) is 42.7 Å². The lowest BCUT2D eigenvalue weighted by atomic mass is 9.98. The van der Waals surface area contributed by atoms with E-state index in [2.05, 4.69) is 5.32 Å². The number of ether oxygens (including phenoxy) is 1. The smallest absolute Gasteiger partial charge is 0.407 e. The fourth-order valence-electron chi connectivity index (χ4n) is 4.47. The summed E-state index contributed by atoms with van der Waals surface area (Å²) in [4.78, 5) is 37.2. The highest BCUT2D eigenvalue weighted by Crippen LogP contribution is 2.44. The molecule has 1 unspecified atom stereocenters. The minimum Gasteiger partial charge on any atom is -0.481 e. The van der Waals surface area contributed by atoms with Crippen molar-refractivity contribution < 1.29 is 37.4 Å². The highest BCUT2D eigenvalue weighted by Gasteiger charge is 2.43. The molecule has 0 heterocycles. The van der Waals surface area contributed by atoms with Gasteiger partial charge in [-0.3, -0.25) is 9.59 Å². The summed E-state index contributed by atoms with van der Waals surface area (Å²) in [5, 5.41) is 11.3. The van der Waals surface area contributed by atoms with Crippen molar-refractivity contribution in [3.05, 3.63) is 59.7 Å². The molecule has 0 aromatic heterocycles. The topological polar surface area (TPSA) is 95.9 Å². The summed E-state index contributed by atoms with van der Waals surface area (Å²) >= 11 is 0. The standard InChI is InChI=1S/C25H25F3N2O5/c26-25(27,28)14-30(15-9-10-15)23(33)21(11-12-22(31)32)29-24(34)35-13-20-18-7-3-1-5-16(18)17-6-2-4-8-19(17)20/h1-8,15,20-21H,9-14H2,(H,29,34)(H,31,32). The van der Waals surface area contributed by atoms with Gasteiger partial charge < -0.3 is 20.1 Å². The lowest BCUT2D eigenvalue weighted by Gasteiger charge is -2.28. The maximum absolute atomic E-state index is 13.0. The summed E-state index contributed by atoms with van der Waals surface area (Å²) in [5.41, 5.74) is 4.01. The number of carboxylic acids is 1. The molecule has 2 aromatic carbocycles. The number of rotatable bonds is 9. The Morgan fingerprint density at radius 2 is 1.60 bits per heavy atom. The number of alkyl halides is 3. The third kappa shape index (κ3) is 5.93. The van der Waals surface area contributed by atoms with Crippen molar-refractivity contribution in [2.75, 3.05) is 13.2 Å². The number of alkyl carbamates (subject to hydrolysis) is 1. The van der Waals surface area contributed by atoms with Crippen LogP contribution in [-0.4, -0.2) is 59.4 Å². The molecule has 0 radical (unpaired) electrons. The molecular weight excluding hydrogens is 465 g/mol. The lowest BCUT2D eigenvalue weighted by molar-refractivity contribution is -0.163. The van der Waals surface area contributed by atoms with Crippen molar-refractivity contribution in [1.29, 1.82) is 0 Å². The molecule has 4 rings (SSSR count). The van der Waals surface area contributed by atoms with Gasteiger partial charge in [0.25, 0.3) is 0 Å². The number of carboxylic acid groups (broad SMARTS) is 1. The van der Waals surface area contributed by atoms with Crippen LogP contribution in [-0.2, 0) is 14.3 Å². The van der Waals surface area contributed by atoms with E-state index in [4.69, 9.17) is 9.84 Å². The van der Waals surface area contributed by atoms with Gasteiger partial charge in [-0.15, -0.1) is 0 Å². The molecule has 2 amide bonds. The Kier molecular flexibility index (Phi) is 7.00. The molecule has 0 saturated heterocycles. The summed E-state index contributed by atoms with van der Waals surface area (Å²) in [6, 6.07) is 13.4. The van der Waals surface area contributed by atoms with E-state index in [-0.39, 0.29) is 18.9 Å². The predicted octanol–water partition coefficient (Wildman–Crippen LogP) is 4.31. The van der Waals surface area contributed by atoms with Crippen molar-refractivity contribution in [2.24, 2.45) is 0 Å². The molecule has 35 heavy (non-hydrogen) atoms. The SMILES string of the molecule is O=C(O)CCC(NC(=O)OCC1c2ccccc2-c2ccccc21)C(=O)N(CC(F)(F)F)C1CC1. The highest BCUT2D eigenvalue weighted by molar-refractivity contribution is 5.87. The van der Waals surface area contributed by atoms with Gasteiger partial charge in [0.05, 0.1) is 0 Å². The van der Waals surface area contributed by atoms with Gasteiger partial charge in [-0.1, -0.05) is 48.5 Å². The molecule has 2 N–H and O–H groups in total. The Balaban J connectivity index is 1.45. The second-order valence-electron chi connectivity index (χ2n) is 8.77. The van der Waals surface area contributed by atoms with Crippen LogP contribution in [0.25, 0.3) is 11.1 Å². The number of benzene rings is 2. The van der Waals surface area contributed by atoms with Crippen molar-refractivity contribution in [1.82, 2.24) is 10.2 Å². The number of halogens is 3. The third-order valence-corrected chi connectivity index (χ3v) is 6.20. The van der Waals surface area contributed by atoms with Crippen molar-refractivity contribution >= 4 is 18.0 Å². The van der Waals surface area contributed by atoms with Gasteiger partial charge in [-0.25, -0.2) is 4.79 Å². The number of nitrogens with one attached hydrogen (secondary N) is 1. The fourth-order valence-corrected chi connectivity index (χ4v) is 4.47. The first kappa shape index (κ1) is 24.6. The summed E-state index contributed by atoms with van der Waals surface area (Å²) in [5.74, 6) is -2.43. The monoisotopic (exact) mass is 490 g/mol. The number of aliphatic carboxylic acids is 1. The number of hydrogen-bond acceptors (Lipinski definition) is 4. The van der Waals surface area contributed by atoms with Crippen LogP contribution in [0.5, 0.6) is 0 Å². The number of nitrogens with zero attached hydrogens (tertiary/aromatic N) is 1. The van der Waals surface area contributed by atoms with Gasteiger partial charge in [0.1, 0.15) is 19.2 Å². The molecule has 7 nitrogen and oxygen atoms in total. The number of carbonyl (C=O) groups excluding carboxylic acids is 2. The maximum atomic E-state index is 13.0. The van der Waals surface area contributed by atoms with Crippen LogP contribution in [0.3, 0.4) is 0 Å². The normalized spacial score (nSPS) is 15.6. The van der Waals surface area contributed by atoms with Crippen LogP contribution >= 0.6 is 0 Å². The molecule has 10 heteroatoms. The van der Waals surface area contributed by atoms with Crippen LogP contribution in [0.2, 0.25) is 0 Å². The van der Waals surface area contributed by atoms with E-state index in [9.17, 15) is 27.6 Å². The van der Waals surface area contributed by atoms with Gasteiger partial charge in [0, 0.05) is 18.4 Å². The zero-order valence-electron chi connectivity index (χ0n) is 18.8. The summed E-state index contributed by atoms with van der Waals surface area (Å²) in [6.45, 7) is -1.50. The highest BCUT2D eigenvalue weighted by atomic mass is 19.4. The van der Waals surface area contributed by atoms with Gasteiger partial charge in [0.2, 0.25) is 5.91 Å². The van der Waals surface area contributed by atoms with Gasteiger partial charge in [-0.05, 0) is 41.5 Å². The molecule has 1 atom stereocenters. The minimum absolute atomic E-state index is 0.0470. The number of fused-ring (bicyclic) bond motifs is 3. The molecule has 2 aliphatic carbocycles. The van der Waals surface area contributed by atoms with E-state index in [1.165, 1.54) is 0 Å². The first-order valence-electron chi connectivity index (χ1n) is 11.3. The van der Waals surface area contributed by atoms with Crippen LogP contribution in [0, 0.1) is 0 Å². The zero-order valence-corrected chi connectivity index (χ0v) is 18.8. The van der Waals surface area contributed by atoms with Gasteiger partial charge >= 0.3 is 18.2 Å². The van der Waals surface area contributed by atoms with E-state index < -0.39 is 49.2 Å². The third-order valence-electron chi connectivity index (χ3n) is 6.20.